The van der Waals surface area contributed by atoms with Crippen LogP contribution >= 0.6 is 45.2 Å². The van der Waals surface area contributed by atoms with Gasteiger partial charge in [-0.2, -0.15) is 0 Å². The average molecular weight is 694 g/mol. The van der Waals surface area contributed by atoms with E-state index >= 15 is 0 Å². The summed E-state index contributed by atoms with van der Waals surface area (Å²) in [4.78, 5) is 48.3. The lowest BCUT2D eigenvalue weighted by atomic mass is 10.1. The number of esters is 4. The molecule has 4 atom stereocenters. The number of hydrogen-bond acceptors (Lipinski definition) is 8. The fourth-order valence-electron chi connectivity index (χ4n) is 2.89. The summed E-state index contributed by atoms with van der Waals surface area (Å²) in [7, 11) is 0. The summed E-state index contributed by atoms with van der Waals surface area (Å²) in [5.74, 6) is -2.25. The Morgan fingerprint density at radius 3 is 1.26 bits per heavy atom. The normalized spacial score (nSPS) is 14.1. The fourth-order valence-corrected chi connectivity index (χ4v) is 4.36. The highest BCUT2D eigenvalue weighted by Crippen LogP contribution is 2.25. The summed E-state index contributed by atoms with van der Waals surface area (Å²) in [6, 6.07) is 16.9. The van der Waals surface area contributed by atoms with Crippen molar-refractivity contribution in [3.05, 3.63) is 71.8 Å². The molecule has 10 heteroatoms. The number of hydrogen-bond donors (Lipinski definition) is 0. The van der Waals surface area contributed by atoms with Gasteiger partial charge in [0.15, 0.2) is 12.2 Å². The van der Waals surface area contributed by atoms with Gasteiger partial charge in [0.05, 0.1) is 19.0 Å². The van der Waals surface area contributed by atoms with E-state index in [0.29, 0.717) is 11.1 Å². The molecule has 0 unspecified atom stereocenters. The van der Waals surface area contributed by atoms with Gasteiger partial charge in [-0.15, -0.1) is 0 Å². The molecule has 0 saturated heterocycles. The lowest BCUT2D eigenvalue weighted by Gasteiger charge is -2.32. The van der Waals surface area contributed by atoms with Crippen molar-refractivity contribution in [3.63, 3.8) is 0 Å². The molecule has 0 aliphatic rings. The van der Waals surface area contributed by atoms with Crippen LogP contribution in [-0.2, 0) is 28.5 Å². The molecule has 0 N–H and O–H groups in total. The highest BCUT2D eigenvalue weighted by atomic mass is 127. The summed E-state index contributed by atoms with van der Waals surface area (Å²) in [5, 5.41) is 0. The first-order valence-electron chi connectivity index (χ1n) is 10.3. The van der Waals surface area contributed by atoms with Crippen LogP contribution in [-0.4, -0.2) is 57.1 Å². The molecule has 0 radical (unpaired) electrons. The topological polar surface area (TPSA) is 105 Å². The summed E-state index contributed by atoms with van der Waals surface area (Å²) in [5.41, 5.74) is 0.762. The minimum atomic E-state index is -0.956. The lowest BCUT2D eigenvalue weighted by Crippen LogP contribution is -2.48. The van der Waals surface area contributed by atoms with Crippen molar-refractivity contribution in [2.45, 2.75) is 33.9 Å². The van der Waals surface area contributed by atoms with Crippen LogP contribution < -0.4 is 0 Å². The number of rotatable bonds is 11. The molecule has 0 spiro atoms. The molecule has 0 saturated carbocycles. The van der Waals surface area contributed by atoms with Crippen LogP contribution in [0.5, 0.6) is 0 Å². The van der Waals surface area contributed by atoms with Gasteiger partial charge in [-0.05, 0) is 24.3 Å². The standard InChI is InChI=1S/C24H24I2O8/c1-15(27)33-21(19(25)13-31-23(29)17-9-5-3-6-10-17)22(34-16(2)28)20(26)14-32-24(30)18-11-7-4-8-12-18/h3-12,19-22H,13-14H2,1-2H3/t19-,20-,21+,22+/m0/s1. The van der Waals surface area contributed by atoms with Crippen LogP contribution in [0.25, 0.3) is 0 Å². The molecule has 182 valence electrons. The molecule has 0 amide bonds. The molecule has 0 bridgehead atoms. The molecule has 34 heavy (non-hydrogen) atoms. The number of carbonyl (C=O) groups excluding carboxylic acids is 4. The predicted molar refractivity (Wildman–Crippen MR) is 140 cm³/mol. The molecule has 2 aromatic rings. The Balaban J connectivity index is 2.11. The Morgan fingerprint density at radius 2 is 0.971 bits per heavy atom. The molecule has 0 aliphatic carbocycles. The first-order valence-corrected chi connectivity index (χ1v) is 12.7. The molecule has 0 aliphatic heterocycles. The monoisotopic (exact) mass is 694 g/mol. The maximum Gasteiger partial charge on any atom is 0.338 e. The van der Waals surface area contributed by atoms with Crippen LogP contribution in [0, 0.1) is 0 Å². The van der Waals surface area contributed by atoms with Crippen molar-refractivity contribution in [3.8, 4) is 0 Å². The van der Waals surface area contributed by atoms with Crippen molar-refractivity contribution < 1.29 is 38.1 Å². The van der Waals surface area contributed by atoms with Crippen LogP contribution in [0.4, 0.5) is 0 Å². The molecule has 2 rings (SSSR count). The second-order valence-electron chi connectivity index (χ2n) is 7.11. The second-order valence-corrected chi connectivity index (χ2v) is 10.3. The van der Waals surface area contributed by atoms with Crippen LogP contribution in [0.3, 0.4) is 0 Å². The first kappa shape index (κ1) is 28.0. The van der Waals surface area contributed by atoms with Crippen LogP contribution in [0.15, 0.2) is 60.7 Å². The Hall–Kier alpha value is -2.22. The SMILES string of the molecule is CC(=O)O[C@@H]([C@H](OC(C)=O)[C@@H](I)COC(=O)c1ccccc1)[C@@H](I)COC(=O)c1ccccc1. The third kappa shape index (κ3) is 9.20. The Morgan fingerprint density at radius 1 is 0.647 bits per heavy atom. The maximum atomic E-state index is 12.3. The Kier molecular flexibility index (Phi) is 11.7. The third-order valence-electron chi connectivity index (χ3n) is 4.41. The van der Waals surface area contributed by atoms with Crippen LogP contribution in [0.2, 0.25) is 0 Å². The van der Waals surface area contributed by atoms with Gasteiger partial charge in [0.2, 0.25) is 0 Å². The highest BCUT2D eigenvalue weighted by molar-refractivity contribution is 14.1. The number of ether oxygens (including phenoxy) is 4. The van der Waals surface area contributed by atoms with Gasteiger partial charge in [-0.1, -0.05) is 81.6 Å². The van der Waals surface area contributed by atoms with Crippen molar-refractivity contribution >= 4 is 69.1 Å². The molecule has 0 aromatic heterocycles. The molecule has 0 heterocycles. The second kappa shape index (κ2) is 14.2. The maximum absolute atomic E-state index is 12.3. The average Bonchev–Trinajstić information content (AvgIpc) is 2.83. The van der Waals surface area contributed by atoms with Crippen molar-refractivity contribution in [2.24, 2.45) is 0 Å². The number of halogens is 2. The molecular weight excluding hydrogens is 670 g/mol. The Bertz CT molecular complexity index is 888. The molecule has 8 nitrogen and oxygen atoms in total. The van der Waals surface area contributed by atoms with Crippen LogP contribution in [0.1, 0.15) is 34.6 Å². The van der Waals surface area contributed by atoms with Gasteiger partial charge < -0.3 is 18.9 Å². The number of benzene rings is 2. The zero-order valence-corrected chi connectivity index (χ0v) is 22.8. The van der Waals surface area contributed by atoms with E-state index in [9.17, 15) is 19.2 Å². The molecular formula is C24H24I2O8. The van der Waals surface area contributed by atoms with E-state index < -0.39 is 43.9 Å². The summed E-state index contributed by atoms with van der Waals surface area (Å²) >= 11 is 3.96. The quantitative estimate of drug-likeness (QED) is 0.150. The summed E-state index contributed by atoms with van der Waals surface area (Å²) < 4.78 is 20.6. The van der Waals surface area contributed by atoms with Crippen molar-refractivity contribution in [1.29, 1.82) is 0 Å². The largest absolute Gasteiger partial charge is 0.461 e. The van der Waals surface area contributed by atoms with Gasteiger partial charge in [0.1, 0.15) is 13.2 Å². The van der Waals surface area contributed by atoms with Gasteiger partial charge in [0, 0.05) is 13.8 Å². The first-order chi connectivity index (χ1) is 16.2. The number of carbonyl (C=O) groups is 4. The van der Waals surface area contributed by atoms with E-state index in [1.807, 2.05) is 45.2 Å². The smallest absolute Gasteiger partial charge is 0.338 e. The predicted octanol–water partition coefficient (Wildman–Crippen LogP) is 4.17. The lowest BCUT2D eigenvalue weighted by molar-refractivity contribution is -0.165. The highest BCUT2D eigenvalue weighted by Gasteiger charge is 2.39. The van der Waals surface area contributed by atoms with Gasteiger partial charge in [0.25, 0.3) is 0 Å². The van der Waals surface area contributed by atoms with E-state index in [4.69, 9.17) is 18.9 Å². The molecule has 0 fully saturated rings. The zero-order chi connectivity index (χ0) is 25.1. The van der Waals surface area contributed by atoms with Crippen molar-refractivity contribution in [1.82, 2.24) is 0 Å². The Labute approximate surface area is 224 Å². The van der Waals surface area contributed by atoms with E-state index in [2.05, 4.69) is 0 Å². The number of alkyl halides is 2. The van der Waals surface area contributed by atoms with Gasteiger partial charge >= 0.3 is 23.9 Å². The van der Waals surface area contributed by atoms with Crippen molar-refractivity contribution in [2.75, 3.05) is 13.2 Å². The van der Waals surface area contributed by atoms with Gasteiger partial charge in [-0.25, -0.2) is 9.59 Å². The van der Waals surface area contributed by atoms with Gasteiger partial charge in [-0.3, -0.25) is 9.59 Å². The zero-order valence-electron chi connectivity index (χ0n) is 18.5. The van der Waals surface area contributed by atoms with E-state index in [1.54, 1.807) is 60.7 Å². The van der Waals surface area contributed by atoms with E-state index in [-0.39, 0.29) is 13.2 Å². The summed E-state index contributed by atoms with van der Waals surface area (Å²) in [6.07, 6.45) is -1.91. The minimum Gasteiger partial charge on any atom is -0.461 e. The third-order valence-corrected chi connectivity index (χ3v) is 6.54. The minimum absolute atomic E-state index is 0.100. The summed E-state index contributed by atoms with van der Waals surface area (Å²) in [6.45, 7) is 2.26. The van der Waals surface area contributed by atoms with E-state index in [0.717, 1.165) is 0 Å². The fraction of sp³-hybridized carbons (Fsp3) is 0.333. The van der Waals surface area contributed by atoms with E-state index in [1.165, 1.54) is 13.8 Å². The molecule has 2 aromatic carbocycles.